The van der Waals surface area contributed by atoms with E-state index in [4.69, 9.17) is 4.74 Å². The average molecular weight is 289 g/mol. The Morgan fingerprint density at radius 1 is 1.50 bits per heavy atom. The van der Waals surface area contributed by atoms with Gasteiger partial charge in [-0.2, -0.15) is 0 Å². The molecule has 2 heterocycles. The Hall–Kier alpha value is -1.59. The van der Waals surface area contributed by atoms with E-state index in [2.05, 4.69) is 29.5 Å². The van der Waals surface area contributed by atoms with Gasteiger partial charge in [0, 0.05) is 17.6 Å². The highest BCUT2D eigenvalue weighted by Gasteiger charge is 2.19. The first-order chi connectivity index (χ1) is 9.72. The molecule has 0 aliphatic carbocycles. The Morgan fingerprint density at radius 2 is 2.35 bits per heavy atom. The highest BCUT2D eigenvalue weighted by atomic mass is 32.1. The van der Waals surface area contributed by atoms with Crippen molar-refractivity contribution in [2.75, 3.05) is 18.4 Å². The van der Waals surface area contributed by atoms with Gasteiger partial charge >= 0.3 is 0 Å². The van der Waals surface area contributed by atoms with Crippen molar-refractivity contribution in [2.45, 2.75) is 26.0 Å². The molecule has 1 aromatic carbocycles. The number of nitrogens with one attached hydrogen (secondary N) is 2. The second-order valence-corrected chi connectivity index (χ2v) is 6.32. The Labute approximate surface area is 123 Å². The van der Waals surface area contributed by atoms with Gasteiger partial charge in [-0.05, 0) is 26.0 Å². The maximum atomic E-state index is 5.98. The molecule has 3 rings (SSSR count). The van der Waals surface area contributed by atoms with Crippen LogP contribution in [-0.4, -0.2) is 24.2 Å². The number of nitrogens with zero attached hydrogens (tertiary/aromatic N) is 1. The molecule has 2 aromatic rings. The summed E-state index contributed by atoms with van der Waals surface area (Å²) in [4.78, 5) is 5.66. The molecule has 2 N–H and O–H groups in total. The van der Waals surface area contributed by atoms with Gasteiger partial charge in [-0.1, -0.05) is 12.1 Å². The maximum Gasteiger partial charge on any atom is 0.142 e. The van der Waals surface area contributed by atoms with Crippen LogP contribution in [0.15, 0.2) is 30.5 Å². The van der Waals surface area contributed by atoms with Gasteiger partial charge in [0.1, 0.15) is 16.9 Å². The quantitative estimate of drug-likeness (QED) is 0.908. The lowest BCUT2D eigenvalue weighted by atomic mass is 10.2. The van der Waals surface area contributed by atoms with Crippen molar-refractivity contribution in [3.63, 3.8) is 0 Å². The van der Waals surface area contributed by atoms with E-state index in [1.807, 2.05) is 30.5 Å². The van der Waals surface area contributed by atoms with E-state index in [1.54, 1.807) is 11.3 Å². The molecule has 0 radical (unpaired) electrons. The molecular formula is C15H19N3OS. The largest absolute Gasteiger partial charge is 0.485 e. The van der Waals surface area contributed by atoms with Crippen molar-refractivity contribution >= 4 is 17.0 Å². The number of thiazole rings is 1. The summed E-state index contributed by atoms with van der Waals surface area (Å²) in [6.07, 6.45) is 2.07. The van der Waals surface area contributed by atoms with Crippen LogP contribution in [0, 0.1) is 6.92 Å². The second-order valence-electron chi connectivity index (χ2n) is 5.06. The summed E-state index contributed by atoms with van der Waals surface area (Å²) in [6, 6.07) is 8.31. The SMILES string of the molecule is Cc1cnc(C(C)NCC2CNc3ccccc3O2)s1. The summed E-state index contributed by atoms with van der Waals surface area (Å²) in [5.41, 5.74) is 1.08. The highest BCUT2D eigenvalue weighted by molar-refractivity contribution is 7.11. The van der Waals surface area contributed by atoms with E-state index in [1.165, 1.54) is 4.88 Å². The fourth-order valence-electron chi connectivity index (χ4n) is 2.24. The lowest BCUT2D eigenvalue weighted by Gasteiger charge is -2.28. The van der Waals surface area contributed by atoms with Crippen molar-refractivity contribution < 1.29 is 4.74 Å². The number of fused-ring (bicyclic) bond motifs is 1. The number of para-hydroxylation sites is 2. The van der Waals surface area contributed by atoms with Crippen LogP contribution in [0.25, 0.3) is 0 Å². The fraction of sp³-hybridized carbons (Fsp3) is 0.400. The summed E-state index contributed by atoms with van der Waals surface area (Å²) < 4.78 is 5.98. The molecule has 5 heteroatoms. The standard InChI is InChI=1S/C15H19N3OS/c1-10-7-18-15(20-10)11(2)16-8-12-9-17-13-5-3-4-6-14(13)19-12/h3-7,11-12,16-17H,8-9H2,1-2H3. The van der Waals surface area contributed by atoms with Gasteiger partial charge in [-0.15, -0.1) is 11.3 Å². The summed E-state index contributed by atoms with van der Waals surface area (Å²) in [5, 5.41) is 8.03. The van der Waals surface area contributed by atoms with E-state index >= 15 is 0 Å². The Bertz CT molecular complexity index is 584. The van der Waals surface area contributed by atoms with Crippen LogP contribution < -0.4 is 15.4 Å². The van der Waals surface area contributed by atoms with Crippen LogP contribution >= 0.6 is 11.3 Å². The van der Waals surface area contributed by atoms with Crippen molar-refractivity contribution in [3.05, 3.63) is 40.3 Å². The maximum absolute atomic E-state index is 5.98. The molecule has 4 nitrogen and oxygen atoms in total. The Kier molecular flexibility index (Phi) is 3.89. The molecule has 2 atom stereocenters. The zero-order valence-electron chi connectivity index (χ0n) is 11.7. The van der Waals surface area contributed by atoms with Gasteiger partial charge in [0.05, 0.1) is 18.3 Å². The number of aryl methyl sites for hydroxylation is 1. The first kappa shape index (κ1) is 13.4. The predicted octanol–water partition coefficient (Wildman–Crippen LogP) is 2.98. The minimum atomic E-state index is 0.147. The van der Waals surface area contributed by atoms with E-state index < -0.39 is 0 Å². The third kappa shape index (κ3) is 2.94. The minimum Gasteiger partial charge on any atom is -0.485 e. The first-order valence-corrected chi connectivity index (χ1v) is 7.69. The van der Waals surface area contributed by atoms with Crippen LogP contribution in [0.2, 0.25) is 0 Å². The molecule has 0 amide bonds. The van der Waals surface area contributed by atoms with Gasteiger partial charge in [0.25, 0.3) is 0 Å². The minimum absolute atomic E-state index is 0.147. The molecule has 0 saturated carbocycles. The second kappa shape index (κ2) is 5.81. The van der Waals surface area contributed by atoms with Crippen molar-refractivity contribution in [2.24, 2.45) is 0 Å². The molecule has 0 fully saturated rings. The van der Waals surface area contributed by atoms with Gasteiger partial charge < -0.3 is 15.4 Å². The van der Waals surface area contributed by atoms with Crippen molar-refractivity contribution in [3.8, 4) is 5.75 Å². The lowest BCUT2D eigenvalue weighted by Crippen LogP contribution is -2.40. The van der Waals surface area contributed by atoms with Crippen LogP contribution in [0.3, 0.4) is 0 Å². The molecule has 1 aliphatic rings. The molecule has 0 saturated heterocycles. The molecule has 20 heavy (non-hydrogen) atoms. The molecular weight excluding hydrogens is 270 g/mol. The molecule has 2 unspecified atom stereocenters. The molecule has 1 aromatic heterocycles. The molecule has 0 spiro atoms. The molecule has 1 aliphatic heterocycles. The van der Waals surface area contributed by atoms with Crippen LogP contribution in [0.4, 0.5) is 5.69 Å². The average Bonchev–Trinajstić information content (AvgIpc) is 2.91. The van der Waals surface area contributed by atoms with Crippen molar-refractivity contribution in [1.29, 1.82) is 0 Å². The number of hydrogen-bond acceptors (Lipinski definition) is 5. The normalized spacial score (nSPS) is 18.8. The lowest BCUT2D eigenvalue weighted by molar-refractivity contribution is 0.198. The van der Waals surface area contributed by atoms with Crippen LogP contribution in [-0.2, 0) is 0 Å². The Balaban J connectivity index is 1.55. The fourth-order valence-corrected chi connectivity index (χ4v) is 3.04. The number of aromatic nitrogens is 1. The van der Waals surface area contributed by atoms with Gasteiger partial charge in [-0.25, -0.2) is 4.98 Å². The monoisotopic (exact) mass is 289 g/mol. The summed E-state index contributed by atoms with van der Waals surface area (Å²) in [5.74, 6) is 0.934. The van der Waals surface area contributed by atoms with Crippen LogP contribution in [0.1, 0.15) is 22.9 Å². The van der Waals surface area contributed by atoms with Crippen molar-refractivity contribution in [1.82, 2.24) is 10.3 Å². The smallest absolute Gasteiger partial charge is 0.142 e. The predicted molar refractivity (Wildman–Crippen MR) is 82.6 cm³/mol. The summed E-state index contributed by atoms with van der Waals surface area (Å²) in [7, 11) is 0. The zero-order valence-corrected chi connectivity index (χ0v) is 12.5. The summed E-state index contributed by atoms with van der Waals surface area (Å²) in [6.45, 7) is 5.86. The number of rotatable bonds is 4. The van der Waals surface area contributed by atoms with E-state index in [9.17, 15) is 0 Å². The third-order valence-electron chi connectivity index (χ3n) is 3.36. The molecule has 0 bridgehead atoms. The van der Waals surface area contributed by atoms with E-state index in [0.717, 1.165) is 29.5 Å². The third-order valence-corrected chi connectivity index (χ3v) is 4.46. The number of hydrogen-bond donors (Lipinski definition) is 2. The Morgan fingerprint density at radius 3 is 3.15 bits per heavy atom. The van der Waals surface area contributed by atoms with E-state index in [0.29, 0.717) is 0 Å². The van der Waals surface area contributed by atoms with Gasteiger partial charge in [0.2, 0.25) is 0 Å². The zero-order chi connectivity index (χ0) is 13.9. The number of anilines is 1. The van der Waals surface area contributed by atoms with E-state index in [-0.39, 0.29) is 12.1 Å². The highest BCUT2D eigenvalue weighted by Crippen LogP contribution is 2.28. The van der Waals surface area contributed by atoms with Crippen LogP contribution in [0.5, 0.6) is 5.75 Å². The van der Waals surface area contributed by atoms with Gasteiger partial charge in [0.15, 0.2) is 0 Å². The topological polar surface area (TPSA) is 46.2 Å². The summed E-state index contributed by atoms with van der Waals surface area (Å²) >= 11 is 1.74. The number of ether oxygens (including phenoxy) is 1. The van der Waals surface area contributed by atoms with Gasteiger partial charge in [-0.3, -0.25) is 0 Å². The molecule has 106 valence electrons. The number of benzene rings is 1. The first-order valence-electron chi connectivity index (χ1n) is 6.87.